The molecule has 7 nitrogen and oxygen atoms in total. The lowest BCUT2D eigenvalue weighted by Gasteiger charge is -2.27. The first-order chi connectivity index (χ1) is 11.1. The Kier molecular flexibility index (Phi) is 4.88. The lowest BCUT2D eigenvalue weighted by atomic mass is 10.2. The number of nitrogens with one attached hydrogen (secondary N) is 2. The number of carbonyl (C=O) groups excluding carboxylic acids is 2. The molecule has 0 bridgehead atoms. The second kappa shape index (κ2) is 7.06. The molecule has 2 saturated heterocycles. The van der Waals surface area contributed by atoms with Gasteiger partial charge >= 0.3 is 0 Å². The van der Waals surface area contributed by atoms with Gasteiger partial charge in [-0.2, -0.15) is 0 Å². The third-order valence-electron chi connectivity index (χ3n) is 4.19. The summed E-state index contributed by atoms with van der Waals surface area (Å²) in [6.45, 7) is 4.95. The van der Waals surface area contributed by atoms with E-state index >= 15 is 0 Å². The van der Waals surface area contributed by atoms with Crippen LogP contribution in [0, 0.1) is 0 Å². The van der Waals surface area contributed by atoms with Gasteiger partial charge in [0.05, 0.1) is 6.10 Å². The molecule has 2 unspecified atom stereocenters. The summed E-state index contributed by atoms with van der Waals surface area (Å²) in [7, 11) is 0. The first kappa shape index (κ1) is 15.9. The molecule has 0 saturated carbocycles. The standard InChI is InChI=1S/C16H22N4O3/c1-11-2-3-13(23-11)15(21)19-14-10-12(4-5-18-14)16(22)20-8-6-17-7-9-20/h4-5,10-11,13,17H,2-3,6-9H2,1H3,(H,18,19,21). The molecule has 1 aromatic heterocycles. The van der Waals surface area contributed by atoms with Gasteiger partial charge in [-0.25, -0.2) is 4.98 Å². The Balaban J connectivity index is 1.65. The molecular formula is C16H22N4O3. The number of amides is 2. The number of rotatable bonds is 3. The SMILES string of the molecule is CC1CCC(C(=O)Nc2cc(C(=O)N3CCNCC3)ccn2)O1. The van der Waals surface area contributed by atoms with Crippen LogP contribution in [0.3, 0.4) is 0 Å². The van der Waals surface area contributed by atoms with Gasteiger partial charge < -0.3 is 20.3 Å². The number of pyridine rings is 1. The monoisotopic (exact) mass is 318 g/mol. The molecule has 1 aromatic rings. The normalized spacial score (nSPS) is 24.5. The van der Waals surface area contributed by atoms with E-state index < -0.39 is 6.10 Å². The number of hydrogen-bond acceptors (Lipinski definition) is 5. The number of aromatic nitrogens is 1. The van der Waals surface area contributed by atoms with E-state index in [2.05, 4.69) is 15.6 Å². The van der Waals surface area contributed by atoms with Crippen LogP contribution in [-0.2, 0) is 9.53 Å². The molecule has 2 aliphatic rings. The summed E-state index contributed by atoms with van der Waals surface area (Å²) in [5.41, 5.74) is 0.540. The number of carbonyl (C=O) groups is 2. The number of ether oxygens (including phenoxy) is 1. The Morgan fingerprint density at radius 1 is 1.35 bits per heavy atom. The molecule has 0 spiro atoms. The summed E-state index contributed by atoms with van der Waals surface area (Å²) in [4.78, 5) is 30.6. The third-order valence-corrected chi connectivity index (χ3v) is 4.19. The van der Waals surface area contributed by atoms with Crippen LogP contribution in [0.5, 0.6) is 0 Å². The maximum atomic E-state index is 12.5. The fraction of sp³-hybridized carbons (Fsp3) is 0.562. The Hall–Kier alpha value is -1.99. The molecular weight excluding hydrogens is 296 g/mol. The zero-order chi connectivity index (χ0) is 16.2. The Bertz CT molecular complexity index is 586. The van der Waals surface area contributed by atoms with E-state index in [0.29, 0.717) is 30.9 Å². The minimum Gasteiger partial charge on any atom is -0.365 e. The molecule has 124 valence electrons. The molecule has 0 radical (unpaired) electrons. The van der Waals surface area contributed by atoms with Crippen molar-refractivity contribution < 1.29 is 14.3 Å². The fourth-order valence-corrected chi connectivity index (χ4v) is 2.88. The van der Waals surface area contributed by atoms with Gasteiger partial charge in [-0.3, -0.25) is 9.59 Å². The van der Waals surface area contributed by atoms with Gasteiger partial charge in [0, 0.05) is 37.9 Å². The number of piperazine rings is 1. The molecule has 2 amide bonds. The molecule has 2 fully saturated rings. The molecule has 0 aromatic carbocycles. The summed E-state index contributed by atoms with van der Waals surface area (Å²) < 4.78 is 5.55. The van der Waals surface area contributed by atoms with Crippen LogP contribution >= 0.6 is 0 Å². The summed E-state index contributed by atoms with van der Waals surface area (Å²) >= 11 is 0. The van der Waals surface area contributed by atoms with E-state index in [1.807, 2.05) is 6.92 Å². The van der Waals surface area contributed by atoms with Crippen LogP contribution < -0.4 is 10.6 Å². The minimum atomic E-state index is -0.431. The molecule has 3 rings (SSSR count). The zero-order valence-electron chi connectivity index (χ0n) is 13.2. The van der Waals surface area contributed by atoms with E-state index in [4.69, 9.17) is 4.74 Å². The highest BCUT2D eigenvalue weighted by Gasteiger charge is 2.28. The van der Waals surface area contributed by atoms with Crippen LogP contribution in [0.25, 0.3) is 0 Å². The average Bonchev–Trinajstić information content (AvgIpc) is 3.02. The largest absolute Gasteiger partial charge is 0.365 e. The van der Waals surface area contributed by atoms with Gasteiger partial charge in [-0.1, -0.05) is 0 Å². The van der Waals surface area contributed by atoms with Gasteiger partial charge in [0.1, 0.15) is 11.9 Å². The minimum absolute atomic E-state index is 0.0323. The topological polar surface area (TPSA) is 83.6 Å². The van der Waals surface area contributed by atoms with Crippen molar-refractivity contribution in [1.29, 1.82) is 0 Å². The average molecular weight is 318 g/mol. The first-order valence-electron chi connectivity index (χ1n) is 8.06. The van der Waals surface area contributed by atoms with E-state index in [1.165, 1.54) is 0 Å². The Morgan fingerprint density at radius 2 is 2.13 bits per heavy atom. The maximum absolute atomic E-state index is 12.5. The smallest absolute Gasteiger partial charge is 0.254 e. The van der Waals surface area contributed by atoms with Crippen molar-refractivity contribution in [2.24, 2.45) is 0 Å². The molecule has 2 aliphatic heterocycles. The molecule has 23 heavy (non-hydrogen) atoms. The highest BCUT2D eigenvalue weighted by molar-refractivity contribution is 5.97. The fourth-order valence-electron chi connectivity index (χ4n) is 2.88. The van der Waals surface area contributed by atoms with Crippen LogP contribution in [0.2, 0.25) is 0 Å². The summed E-state index contributed by atoms with van der Waals surface area (Å²) in [5.74, 6) is 0.155. The van der Waals surface area contributed by atoms with Crippen LogP contribution in [0.1, 0.15) is 30.1 Å². The maximum Gasteiger partial charge on any atom is 0.254 e. The van der Waals surface area contributed by atoms with E-state index in [9.17, 15) is 9.59 Å². The lowest BCUT2D eigenvalue weighted by molar-refractivity contribution is -0.126. The van der Waals surface area contributed by atoms with Gasteiger partial charge in [-0.05, 0) is 31.9 Å². The molecule has 3 heterocycles. The molecule has 7 heteroatoms. The third kappa shape index (κ3) is 3.86. The molecule has 0 aliphatic carbocycles. The Labute approximate surface area is 135 Å². The predicted molar refractivity (Wildman–Crippen MR) is 85.2 cm³/mol. The van der Waals surface area contributed by atoms with Crippen LogP contribution in [0.4, 0.5) is 5.82 Å². The molecule has 2 atom stereocenters. The highest BCUT2D eigenvalue weighted by Crippen LogP contribution is 2.20. The molecule has 2 N–H and O–H groups in total. The summed E-state index contributed by atoms with van der Waals surface area (Å²) in [6, 6.07) is 3.30. The zero-order valence-corrected chi connectivity index (χ0v) is 13.2. The van der Waals surface area contributed by atoms with Crippen molar-refractivity contribution in [2.45, 2.75) is 32.0 Å². The van der Waals surface area contributed by atoms with E-state index in [1.54, 1.807) is 23.2 Å². The lowest BCUT2D eigenvalue weighted by Crippen LogP contribution is -2.46. The van der Waals surface area contributed by atoms with Crippen LogP contribution in [-0.4, -0.2) is 60.1 Å². The van der Waals surface area contributed by atoms with Crippen molar-refractivity contribution in [3.63, 3.8) is 0 Å². The second-order valence-electron chi connectivity index (χ2n) is 5.97. The van der Waals surface area contributed by atoms with Crippen molar-refractivity contribution in [3.8, 4) is 0 Å². The predicted octanol–water partition coefficient (Wildman–Crippen LogP) is 0.633. The number of anilines is 1. The summed E-state index contributed by atoms with van der Waals surface area (Å²) in [5, 5.41) is 5.96. The van der Waals surface area contributed by atoms with Gasteiger partial charge in [-0.15, -0.1) is 0 Å². The van der Waals surface area contributed by atoms with Crippen molar-refractivity contribution >= 4 is 17.6 Å². The number of nitrogens with zero attached hydrogens (tertiary/aromatic N) is 2. The van der Waals surface area contributed by atoms with Crippen LogP contribution in [0.15, 0.2) is 18.3 Å². The van der Waals surface area contributed by atoms with Gasteiger partial charge in [0.25, 0.3) is 11.8 Å². The second-order valence-corrected chi connectivity index (χ2v) is 5.97. The highest BCUT2D eigenvalue weighted by atomic mass is 16.5. The quantitative estimate of drug-likeness (QED) is 0.854. The van der Waals surface area contributed by atoms with Gasteiger partial charge in [0.2, 0.25) is 0 Å². The van der Waals surface area contributed by atoms with Crippen molar-refractivity contribution in [1.82, 2.24) is 15.2 Å². The van der Waals surface area contributed by atoms with E-state index in [0.717, 1.165) is 19.5 Å². The van der Waals surface area contributed by atoms with E-state index in [-0.39, 0.29) is 17.9 Å². The Morgan fingerprint density at radius 3 is 2.83 bits per heavy atom. The number of hydrogen-bond donors (Lipinski definition) is 2. The van der Waals surface area contributed by atoms with Gasteiger partial charge in [0.15, 0.2) is 0 Å². The van der Waals surface area contributed by atoms with Crippen molar-refractivity contribution in [3.05, 3.63) is 23.9 Å². The summed E-state index contributed by atoms with van der Waals surface area (Å²) in [6.07, 6.45) is 2.82. The first-order valence-corrected chi connectivity index (χ1v) is 8.06. The van der Waals surface area contributed by atoms with Crippen molar-refractivity contribution in [2.75, 3.05) is 31.5 Å².